The smallest absolute Gasteiger partial charge is 0.131 e. The van der Waals surface area contributed by atoms with Gasteiger partial charge in [-0.25, -0.2) is 0 Å². The molecule has 4 heteroatoms. The summed E-state index contributed by atoms with van der Waals surface area (Å²) in [6.07, 6.45) is 1.68. The van der Waals surface area contributed by atoms with E-state index < -0.39 is 0 Å². The molecule has 0 aliphatic rings. The lowest BCUT2D eigenvalue weighted by molar-refractivity contribution is 0.501. The Balaban J connectivity index is 1.93. The maximum atomic E-state index is 6.03. The predicted octanol–water partition coefficient (Wildman–Crippen LogP) is 5.20. The van der Waals surface area contributed by atoms with Gasteiger partial charge in [0.05, 0.1) is 10.6 Å². The molecule has 3 aromatic rings. The molecule has 3 rings (SSSR count). The molecule has 2 nitrogen and oxygen atoms in total. The van der Waals surface area contributed by atoms with Crippen molar-refractivity contribution in [2.45, 2.75) is 6.04 Å². The Kier molecular flexibility index (Phi) is 3.58. The zero-order valence-electron chi connectivity index (χ0n) is 10.0. The van der Waals surface area contributed by atoms with Crippen LogP contribution >= 0.6 is 22.9 Å². The average molecular weight is 290 g/mol. The number of nitrogens with one attached hydrogen (secondary N) is 1. The number of rotatable bonds is 4. The molecule has 19 heavy (non-hydrogen) atoms. The van der Waals surface area contributed by atoms with Crippen LogP contribution in [-0.2, 0) is 0 Å². The first-order valence-corrected chi connectivity index (χ1v) is 7.12. The summed E-state index contributed by atoms with van der Waals surface area (Å²) in [6.45, 7) is 0. The molecule has 0 amide bonds. The summed E-state index contributed by atoms with van der Waals surface area (Å²) in [7, 11) is 0. The van der Waals surface area contributed by atoms with E-state index in [1.165, 1.54) is 0 Å². The van der Waals surface area contributed by atoms with Crippen molar-refractivity contribution in [3.05, 3.63) is 75.8 Å². The molecule has 1 aromatic carbocycles. The summed E-state index contributed by atoms with van der Waals surface area (Å²) in [5, 5.41) is 3.47. The zero-order valence-corrected chi connectivity index (χ0v) is 11.6. The van der Waals surface area contributed by atoms with Gasteiger partial charge in [0.15, 0.2) is 0 Å². The van der Waals surface area contributed by atoms with Crippen molar-refractivity contribution in [2.75, 3.05) is 5.32 Å². The van der Waals surface area contributed by atoms with Crippen molar-refractivity contribution in [1.29, 1.82) is 0 Å². The Morgan fingerprint density at radius 3 is 2.47 bits per heavy atom. The van der Waals surface area contributed by atoms with E-state index in [0.29, 0.717) is 0 Å². The topological polar surface area (TPSA) is 25.2 Å². The van der Waals surface area contributed by atoms with Gasteiger partial charge in [0.1, 0.15) is 11.8 Å². The molecule has 0 radical (unpaired) electrons. The number of halogens is 1. The molecule has 0 spiro atoms. The Hall–Kier alpha value is -1.71. The Morgan fingerprint density at radius 2 is 1.84 bits per heavy atom. The fraction of sp³-hybridized carbons (Fsp3) is 0.0667. The highest BCUT2D eigenvalue weighted by atomic mass is 35.5. The van der Waals surface area contributed by atoms with Gasteiger partial charge in [0.25, 0.3) is 0 Å². The SMILES string of the molecule is Clc1ccc(C(Nc2ccccc2)c2ccco2)s1. The molecule has 1 unspecified atom stereocenters. The molecule has 1 atom stereocenters. The molecule has 1 N–H and O–H groups in total. The summed E-state index contributed by atoms with van der Waals surface area (Å²) in [4.78, 5) is 1.13. The van der Waals surface area contributed by atoms with Crippen LogP contribution in [0, 0.1) is 0 Å². The van der Waals surface area contributed by atoms with Crippen molar-refractivity contribution >= 4 is 28.6 Å². The molecular formula is C15H12ClNOS. The second-order valence-electron chi connectivity index (χ2n) is 4.10. The van der Waals surface area contributed by atoms with Crippen molar-refractivity contribution < 1.29 is 4.42 Å². The summed E-state index contributed by atoms with van der Waals surface area (Å²) in [5.41, 5.74) is 1.05. The summed E-state index contributed by atoms with van der Waals surface area (Å²) < 4.78 is 6.31. The second kappa shape index (κ2) is 5.51. The van der Waals surface area contributed by atoms with Crippen molar-refractivity contribution in [3.63, 3.8) is 0 Å². The highest BCUT2D eigenvalue weighted by Crippen LogP contribution is 2.33. The summed E-state index contributed by atoms with van der Waals surface area (Å²) >= 11 is 7.59. The fourth-order valence-electron chi connectivity index (χ4n) is 1.92. The molecule has 2 aromatic heterocycles. The van der Waals surface area contributed by atoms with E-state index in [0.717, 1.165) is 20.7 Å². The molecular weight excluding hydrogens is 278 g/mol. The van der Waals surface area contributed by atoms with E-state index in [4.69, 9.17) is 16.0 Å². The van der Waals surface area contributed by atoms with Gasteiger partial charge in [-0.2, -0.15) is 0 Å². The van der Waals surface area contributed by atoms with Crippen LogP contribution in [0.15, 0.2) is 65.3 Å². The van der Waals surface area contributed by atoms with Gasteiger partial charge in [0.2, 0.25) is 0 Å². The summed E-state index contributed by atoms with van der Waals surface area (Å²) in [6, 6.07) is 17.8. The van der Waals surface area contributed by atoms with Gasteiger partial charge in [-0.05, 0) is 36.4 Å². The van der Waals surface area contributed by atoms with Gasteiger partial charge < -0.3 is 9.73 Å². The molecule has 0 saturated carbocycles. The lowest BCUT2D eigenvalue weighted by Gasteiger charge is -2.16. The third kappa shape index (κ3) is 2.83. The Labute approximate surface area is 120 Å². The van der Waals surface area contributed by atoms with Crippen LogP contribution in [0.3, 0.4) is 0 Å². The first-order valence-electron chi connectivity index (χ1n) is 5.93. The average Bonchev–Trinajstić information content (AvgIpc) is 3.09. The van der Waals surface area contributed by atoms with Gasteiger partial charge in [0, 0.05) is 10.6 Å². The largest absolute Gasteiger partial charge is 0.467 e. The first kappa shape index (κ1) is 12.3. The van der Waals surface area contributed by atoms with Crippen LogP contribution in [-0.4, -0.2) is 0 Å². The van der Waals surface area contributed by atoms with Gasteiger partial charge in [-0.15, -0.1) is 11.3 Å². The molecule has 0 bridgehead atoms. The third-order valence-corrected chi connectivity index (χ3v) is 4.09. The Bertz CT molecular complexity index is 633. The normalized spacial score (nSPS) is 12.3. The van der Waals surface area contributed by atoms with Gasteiger partial charge >= 0.3 is 0 Å². The third-order valence-electron chi connectivity index (χ3n) is 2.79. The molecule has 0 fully saturated rings. The molecule has 0 aliphatic carbocycles. The highest BCUT2D eigenvalue weighted by molar-refractivity contribution is 7.16. The highest BCUT2D eigenvalue weighted by Gasteiger charge is 2.18. The van der Waals surface area contributed by atoms with E-state index >= 15 is 0 Å². The maximum absolute atomic E-state index is 6.03. The van der Waals surface area contributed by atoms with E-state index in [2.05, 4.69) is 5.32 Å². The van der Waals surface area contributed by atoms with Crippen molar-refractivity contribution in [1.82, 2.24) is 0 Å². The van der Waals surface area contributed by atoms with Crippen LogP contribution in [0.25, 0.3) is 0 Å². The van der Waals surface area contributed by atoms with Crippen LogP contribution in [0.1, 0.15) is 16.7 Å². The number of benzene rings is 1. The molecule has 96 valence electrons. The standard InChI is InChI=1S/C15H12ClNOS/c16-14-9-8-13(19-14)15(12-7-4-10-18-12)17-11-5-2-1-3-6-11/h1-10,15,17H. The fourth-order valence-corrected chi connectivity index (χ4v) is 3.04. The number of hydrogen-bond donors (Lipinski definition) is 1. The van der Waals surface area contributed by atoms with Crippen LogP contribution < -0.4 is 5.32 Å². The number of thiophene rings is 1. The van der Waals surface area contributed by atoms with E-state index in [1.54, 1.807) is 17.6 Å². The Morgan fingerprint density at radius 1 is 1.00 bits per heavy atom. The van der Waals surface area contributed by atoms with E-state index in [1.807, 2.05) is 54.6 Å². The number of anilines is 1. The first-order chi connectivity index (χ1) is 9.33. The van der Waals surface area contributed by atoms with E-state index in [-0.39, 0.29) is 6.04 Å². The van der Waals surface area contributed by atoms with Gasteiger partial charge in [-0.3, -0.25) is 0 Å². The quantitative estimate of drug-likeness (QED) is 0.714. The number of para-hydroxylation sites is 1. The van der Waals surface area contributed by atoms with Crippen LogP contribution in [0.5, 0.6) is 0 Å². The number of furan rings is 1. The minimum absolute atomic E-state index is 0.0186. The predicted molar refractivity (Wildman–Crippen MR) is 79.9 cm³/mol. The molecule has 0 aliphatic heterocycles. The maximum Gasteiger partial charge on any atom is 0.131 e. The zero-order chi connectivity index (χ0) is 13.1. The van der Waals surface area contributed by atoms with Crippen molar-refractivity contribution in [3.8, 4) is 0 Å². The minimum Gasteiger partial charge on any atom is -0.467 e. The minimum atomic E-state index is -0.0186. The lowest BCUT2D eigenvalue weighted by atomic mass is 10.1. The lowest BCUT2D eigenvalue weighted by Crippen LogP contribution is -2.09. The number of hydrogen-bond acceptors (Lipinski definition) is 3. The molecule has 2 heterocycles. The van der Waals surface area contributed by atoms with Crippen LogP contribution in [0.4, 0.5) is 5.69 Å². The second-order valence-corrected chi connectivity index (χ2v) is 5.85. The molecule has 0 saturated heterocycles. The van der Waals surface area contributed by atoms with Crippen molar-refractivity contribution in [2.24, 2.45) is 0 Å². The van der Waals surface area contributed by atoms with Crippen LogP contribution in [0.2, 0.25) is 4.34 Å². The van der Waals surface area contributed by atoms with Gasteiger partial charge in [-0.1, -0.05) is 29.8 Å². The van der Waals surface area contributed by atoms with E-state index in [9.17, 15) is 0 Å². The monoisotopic (exact) mass is 289 g/mol. The summed E-state index contributed by atoms with van der Waals surface area (Å²) in [5.74, 6) is 0.877.